The van der Waals surface area contributed by atoms with Gasteiger partial charge >= 0.3 is 12.2 Å². The van der Waals surface area contributed by atoms with Crippen molar-refractivity contribution in [1.29, 1.82) is 0 Å². The van der Waals surface area contributed by atoms with Crippen LogP contribution in [0.2, 0.25) is 0 Å². The molecule has 4 aromatic rings. The van der Waals surface area contributed by atoms with Crippen molar-refractivity contribution in [2.45, 2.75) is 11.1 Å². The van der Waals surface area contributed by atoms with E-state index in [1.807, 2.05) is 0 Å². The first-order valence-corrected chi connectivity index (χ1v) is 11.1. The van der Waals surface area contributed by atoms with Crippen molar-refractivity contribution in [3.8, 4) is 11.5 Å². The molecule has 0 fully saturated rings. The second-order valence-electron chi connectivity index (χ2n) is 6.94. The zero-order valence-corrected chi connectivity index (χ0v) is 17.9. The highest BCUT2D eigenvalue weighted by Crippen LogP contribution is 2.31. The SMILES string of the molecule is O=C(Nc1nnc(-c2ccc(C(F)(F)F)cc2)o1)c1ccc(S(=O)(=O)Nc2ccccc2)cc1. The minimum absolute atomic E-state index is 0.0460. The molecule has 8 nitrogen and oxygen atoms in total. The number of benzene rings is 3. The Morgan fingerprint density at radius 2 is 1.50 bits per heavy atom. The van der Waals surface area contributed by atoms with E-state index < -0.39 is 27.7 Å². The number of sulfonamides is 1. The number of nitrogens with one attached hydrogen (secondary N) is 2. The molecule has 2 N–H and O–H groups in total. The number of aromatic nitrogens is 2. The van der Waals surface area contributed by atoms with Gasteiger partial charge in [-0.2, -0.15) is 13.2 Å². The van der Waals surface area contributed by atoms with Crippen molar-refractivity contribution in [2.75, 3.05) is 10.0 Å². The first-order valence-electron chi connectivity index (χ1n) is 9.62. The lowest BCUT2D eigenvalue weighted by atomic mass is 10.1. The van der Waals surface area contributed by atoms with Crippen LogP contribution < -0.4 is 10.0 Å². The number of alkyl halides is 3. The fourth-order valence-corrected chi connectivity index (χ4v) is 3.93. The van der Waals surface area contributed by atoms with Crippen molar-refractivity contribution >= 4 is 27.6 Å². The Labute approximate surface area is 191 Å². The van der Waals surface area contributed by atoms with Crippen molar-refractivity contribution in [3.05, 3.63) is 90.0 Å². The minimum Gasteiger partial charge on any atom is -0.403 e. The second kappa shape index (κ2) is 8.98. The van der Waals surface area contributed by atoms with E-state index in [0.29, 0.717) is 5.69 Å². The molecule has 34 heavy (non-hydrogen) atoms. The van der Waals surface area contributed by atoms with E-state index in [4.69, 9.17) is 4.42 Å². The number of para-hydroxylation sites is 1. The van der Waals surface area contributed by atoms with E-state index in [1.165, 1.54) is 36.4 Å². The largest absolute Gasteiger partial charge is 0.416 e. The Hall–Kier alpha value is -4.19. The molecule has 0 spiro atoms. The normalized spacial score (nSPS) is 11.7. The van der Waals surface area contributed by atoms with E-state index in [9.17, 15) is 26.4 Å². The van der Waals surface area contributed by atoms with Crippen LogP contribution in [0.1, 0.15) is 15.9 Å². The highest BCUT2D eigenvalue weighted by atomic mass is 32.2. The number of halogens is 3. The Morgan fingerprint density at radius 1 is 0.853 bits per heavy atom. The summed E-state index contributed by atoms with van der Waals surface area (Å²) < 4.78 is 70.7. The zero-order valence-electron chi connectivity index (χ0n) is 17.1. The standard InChI is InChI=1S/C22H15F3N4O4S/c23-22(24,25)16-10-6-15(7-11-16)20-27-28-21(33-20)26-19(30)14-8-12-18(13-9-14)34(31,32)29-17-4-2-1-3-5-17/h1-13,29H,(H,26,28,30). The van der Waals surface area contributed by atoms with Crippen molar-refractivity contribution in [1.82, 2.24) is 10.2 Å². The average molecular weight is 488 g/mol. The number of anilines is 2. The maximum Gasteiger partial charge on any atom is 0.416 e. The number of amides is 1. The molecule has 0 unspecified atom stereocenters. The van der Waals surface area contributed by atoms with Gasteiger partial charge in [0.05, 0.1) is 10.5 Å². The predicted molar refractivity (Wildman–Crippen MR) is 116 cm³/mol. The van der Waals surface area contributed by atoms with Gasteiger partial charge in [-0.3, -0.25) is 14.8 Å². The Morgan fingerprint density at radius 3 is 2.12 bits per heavy atom. The number of hydrogen-bond donors (Lipinski definition) is 2. The third kappa shape index (κ3) is 5.23. The van der Waals surface area contributed by atoms with Gasteiger partial charge in [0.15, 0.2) is 0 Å². The number of carbonyl (C=O) groups is 1. The van der Waals surface area contributed by atoms with Crippen LogP contribution in [0.5, 0.6) is 0 Å². The Kier molecular flexibility index (Phi) is 6.07. The molecule has 12 heteroatoms. The van der Waals surface area contributed by atoms with Crippen LogP contribution in [-0.2, 0) is 16.2 Å². The van der Waals surface area contributed by atoms with Crippen LogP contribution in [0.15, 0.2) is 88.2 Å². The summed E-state index contributed by atoms with van der Waals surface area (Å²) in [7, 11) is -3.85. The summed E-state index contributed by atoms with van der Waals surface area (Å²) in [6.45, 7) is 0. The van der Waals surface area contributed by atoms with Crippen LogP contribution in [0, 0.1) is 0 Å². The highest BCUT2D eigenvalue weighted by Gasteiger charge is 2.30. The van der Waals surface area contributed by atoms with E-state index in [0.717, 1.165) is 12.1 Å². The van der Waals surface area contributed by atoms with Gasteiger partial charge in [-0.05, 0) is 60.7 Å². The van der Waals surface area contributed by atoms with Crippen LogP contribution >= 0.6 is 0 Å². The molecule has 0 aliphatic heterocycles. The molecule has 1 heterocycles. The third-order valence-corrected chi connectivity index (χ3v) is 5.95. The highest BCUT2D eigenvalue weighted by molar-refractivity contribution is 7.92. The fraction of sp³-hybridized carbons (Fsp3) is 0.0455. The quantitative estimate of drug-likeness (QED) is 0.403. The molecule has 0 saturated heterocycles. The molecular formula is C22H15F3N4O4S. The minimum atomic E-state index is -4.47. The van der Waals surface area contributed by atoms with Gasteiger partial charge in [0.25, 0.3) is 15.9 Å². The van der Waals surface area contributed by atoms with Gasteiger partial charge in [0.1, 0.15) is 0 Å². The van der Waals surface area contributed by atoms with Crippen molar-refractivity contribution in [2.24, 2.45) is 0 Å². The molecule has 0 atom stereocenters. The number of rotatable bonds is 6. The second-order valence-corrected chi connectivity index (χ2v) is 8.62. The van der Waals surface area contributed by atoms with Crippen LogP contribution in [0.25, 0.3) is 11.5 Å². The molecule has 0 radical (unpaired) electrons. The molecule has 4 rings (SSSR count). The van der Waals surface area contributed by atoms with E-state index in [-0.39, 0.29) is 27.9 Å². The summed E-state index contributed by atoms with van der Waals surface area (Å²) >= 11 is 0. The first kappa shape index (κ1) is 23.0. The zero-order chi connectivity index (χ0) is 24.3. The summed E-state index contributed by atoms with van der Waals surface area (Å²) in [5.41, 5.74) is -0.0762. The van der Waals surface area contributed by atoms with Gasteiger partial charge in [0, 0.05) is 16.8 Å². The van der Waals surface area contributed by atoms with E-state index in [1.54, 1.807) is 30.3 Å². The van der Waals surface area contributed by atoms with Gasteiger partial charge < -0.3 is 4.42 Å². The summed E-state index contributed by atoms with van der Waals surface area (Å²) in [6.07, 6.45) is -4.47. The van der Waals surface area contributed by atoms with Crippen LogP contribution in [0.4, 0.5) is 24.9 Å². The fourth-order valence-electron chi connectivity index (χ4n) is 2.87. The smallest absolute Gasteiger partial charge is 0.403 e. The third-order valence-electron chi connectivity index (χ3n) is 4.56. The van der Waals surface area contributed by atoms with Gasteiger partial charge in [-0.25, -0.2) is 8.42 Å². The summed E-state index contributed by atoms with van der Waals surface area (Å²) in [4.78, 5) is 12.4. The molecule has 174 valence electrons. The van der Waals surface area contributed by atoms with E-state index in [2.05, 4.69) is 20.2 Å². The number of nitrogens with zero attached hydrogens (tertiary/aromatic N) is 2. The average Bonchev–Trinajstić information content (AvgIpc) is 3.27. The topological polar surface area (TPSA) is 114 Å². The summed E-state index contributed by atoms with van der Waals surface area (Å²) in [5, 5.41) is 9.73. The molecular weight excluding hydrogens is 473 g/mol. The lowest BCUT2D eigenvalue weighted by Crippen LogP contribution is -2.15. The maximum absolute atomic E-state index is 12.7. The van der Waals surface area contributed by atoms with E-state index >= 15 is 0 Å². The molecule has 1 aromatic heterocycles. The van der Waals surface area contributed by atoms with Crippen LogP contribution in [-0.4, -0.2) is 24.5 Å². The van der Waals surface area contributed by atoms with Crippen molar-refractivity contribution in [3.63, 3.8) is 0 Å². The monoisotopic (exact) mass is 488 g/mol. The number of hydrogen-bond acceptors (Lipinski definition) is 6. The molecule has 1 amide bonds. The maximum atomic E-state index is 12.7. The molecule has 0 bridgehead atoms. The van der Waals surface area contributed by atoms with Crippen molar-refractivity contribution < 1.29 is 30.8 Å². The van der Waals surface area contributed by atoms with Crippen LogP contribution in [0.3, 0.4) is 0 Å². The number of carbonyl (C=O) groups excluding carboxylic acids is 1. The molecule has 0 saturated carbocycles. The Balaban J connectivity index is 1.43. The predicted octanol–water partition coefficient (Wildman–Crippen LogP) is 4.81. The molecule has 0 aliphatic carbocycles. The van der Waals surface area contributed by atoms with Gasteiger partial charge in [-0.1, -0.05) is 23.3 Å². The van der Waals surface area contributed by atoms with Gasteiger partial charge in [0.2, 0.25) is 5.89 Å². The molecule has 3 aromatic carbocycles. The summed E-state index contributed by atoms with van der Waals surface area (Å²) in [6, 6.07) is 17.3. The lowest BCUT2D eigenvalue weighted by molar-refractivity contribution is -0.137. The van der Waals surface area contributed by atoms with Gasteiger partial charge in [-0.15, -0.1) is 5.10 Å². The lowest BCUT2D eigenvalue weighted by Gasteiger charge is -2.08. The first-order chi connectivity index (χ1) is 16.1. The Bertz CT molecular complexity index is 1400. The summed E-state index contributed by atoms with van der Waals surface area (Å²) in [5.74, 6) is -0.736. The molecule has 0 aliphatic rings.